The first-order valence-electron chi connectivity index (χ1n) is 7.53. The van der Waals surface area contributed by atoms with E-state index in [9.17, 15) is 9.59 Å². The van der Waals surface area contributed by atoms with Crippen molar-refractivity contribution in [2.24, 2.45) is 5.92 Å². The standard InChI is InChI=1S/C17H22BrNO4/c1-17(2,3)23-16(21)19-14(9-22-4)12-8-11-10(15(12)20)6-5-7-13(11)18/h5-7,12,14H,8-9H2,1-4H3,(H,19,21). The molecule has 1 aromatic rings. The Kier molecular flexibility index (Phi) is 5.47. The number of alkyl carbamates (subject to hydrolysis) is 1. The number of hydrogen-bond acceptors (Lipinski definition) is 4. The van der Waals surface area contributed by atoms with Gasteiger partial charge < -0.3 is 14.8 Å². The maximum Gasteiger partial charge on any atom is 0.407 e. The summed E-state index contributed by atoms with van der Waals surface area (Å²) in [4.78, 5) is 24.7. The van der Waals surface area contributed by atoms with Gasteiger partial charge in [0.1, 0.15) is 5.60 Å². The van der Waals surface area contributed by atoms with Crippen molar-refractivity contribution in [2.45, 2.75) is 38.8 Å². The van der Waals surface area contributed by atoms with Crippen LogP contribution in [0.3, 0.4) is 0 Å². The number of fused-ring (bicyclic) bond motifs is 1. The number of rotatable bonds is 4. The number of carbonyl (C=O) groups excluding carboxylic acids is 2. The highest BCUT2D eigenvalue weighted by Crippen LogP contribution is 2.34. The molecule has 1 amide bonds. The average Bonchev–Trinajstić information content (AvgIpc) is 2.75. The van der Waals surface area contributed by atoms with E-state index in [1.807, 2.05) is 18.2 Å². The summed E-state index contributed by atoms with van der Waals surface area (Å²) in [6.45, 7) is 5.64. The molecular formula is C17H22BrNO4. The minimum Gasteiger partial charge on any atom is -0.444 e. The minimum atomic E-state index is -0.590. The molecule has 0 fully saturated rings. The van der Waals surface area contributed by atoms with Crippen LogP contribution in [0.25, 0.3) is 0 Å². The van der Waals surface area contributed by atoms with Crippen molar-refractivity contribution in [2.75, 3.05) is 13.7 Å². The number of methoxy groups -OCH3 is 1. The van der Waals surface area contributed by atoms with Crippen LogP contribution in [0.1, 0.15) is 36.7 Å². The molecule has 0 radical (unpaired) electrons. The van der Waals surface area contributed by atoms with Gasteiger partial charge in [-0.25, -0.2) is 4.79 Å². The Bertz CT molecular complexity index is 609. The highest BCUT2D eigenvalue weighted by Gasteiger charge is 2.38. The number of ether oxygens (including phenoxy) is 2. The summed E-state index contributed by atoms with van der Waals surface area (Å²) in [6, 6.07) is 5.15. The molecule has 5 nitrogen and oxygen atoms in total. The van der Waals surface area contributed by atoms with Gasteiger partial charge >= 0.3 is 6.09 Å². The molecule has 6 heteroatoms. The van der Waals surface area contributed by atoms with Gasteiger partial charge in [0.2, 0.25) is 0 Å². The quantitative estimate of drug-likeness (QED) is 0.865. The SMILES string of the molecule is COCC(NC(=O)OC(C)(C)C)C1Cc2c(Br)cccc2C1=O. The fourth-order valence-corrected chi connectivity index (χ4v) is 3.26. The number of carbonyl (C=O) groups is 2. The number of ketones is 1. The van der Waals surface area contributed by atoms with Gasteiger partial charge in [0.05, 0.1) is 12.6 Å². The summed E-state index contributed by atoms with van der Waals surface area (Å²) < 4.78 is 11.4. The first-order chi connectivity index (χ1) is 10.7. The summed E-state index contributed by atoms with van der Waals surface area (Å²) in [5.74, 6) is -0.324. The van der Waals surface area contributed by atoms with Gasteiger partial charge in [-0.3, -0.25) is 4.79 Å². The second-order valence-corrected chi connectivity index (χ2v) is 7.50. The Labute approximate surface area is 144 Å². The van der Waals surface area contributed by atoms with Crippen molar-refractivity contribution in [1.82, 2.24) is 5.32 Å². The molecule has 0 aliphatic heterocycles. The number of amides is 1. The fourth-order valence-electron chi connectivity index (χ4n) is 2.73. The first kappa shape index (κ1) is 17.9. The van der Waals surface area contributed by atoms with Gasteiger partial charge in [0.25, 0.3) is 0 Å². The molecule has 23 heavy (non-hydrogen) atoms. The third-order valence-corrected chi connectivity index (χ3v) is 4.42. The lowest BCUT2D eigenvalue weighted by Gasteiger charge is -2.26. The van der Waals surface area contributed by atoms with Gasteiger partial charge in [0, 0.05) is 23.1 Å². The van der Waals surface area contributed by atoms with Crippen molar-refractivity contribution < 1.29 is 19.1 Å². The number of halogens is 1. The molecule has 2 rings (SSSR count). The van der Waals surface area contributed by atoms with E-state index in [1.165, 1.54) is 0 Å². The van der Waals surface area contributed by atoms with Crippen LogP contribution < -0.4 is 5.32 Å². The summed E-state index contributed by atoms with van der Waals surface area (Å²) in [5, 5.41) is 2.78. The molecule has 1 aromatic carbocycles. The van der Waals surface area contributed by atoms with Crippen molar-refractivity contribution in [3.05, 3.63) is 33.8 Å². The molecule has 0 aromatic heterocycles. The number of Topliss-reactive ketones (excluding diaryl/α,β-unsaturated/α-hetero) is 1. The van der Waals surface area contributed by atoms with Gasteiger partial charge in [0.15, 0.2) is 5.78 Å². The Morgan fingerprint density at radius 3 is 2.70 bits per heavy atom. The number of hydrogen-bond donors (Lipinski definition) is 1. The second kappa shape index (κ2) is 7.01. The number of nitrogens with one attached hydrogen (secondary N) is 1. The molecule has 0 heterocycles. The molecule has 0 bridgehead atoms. The van der Waals surface area contributed by atoms with E-state index in [0.717, 1.165) is 10.0 Å². The molecule has 2 unspecified atom stereocenters. The molecule has 0 saturated heterocycles. The largest absolute Gasteiger partial charge is 0.444 e. The van der Waals surface area contributed by atoms with Crippen LogP contribution in [0, 0.1) is 5.92 Å². The van der Waals surface area contributed by atoms with Crippen LogP contribution in [0.4, 0.5) is 4.79 Å². The fraction of sp³-hybridized carbons (Fsp3) is 0.529. The summed E-state index contributed by atoms with van der Waals surface area (Å²) >= 11 is 3.49. The van der Waals surface area contributed by atoms with Gasteiger partial charge in [-0.15, -0.1) is 0 Å². The Morgan fingerprint density at radius 2 is 2.13 bits per heavy atom. The lowest BCUT2D eigenvalue weighted by Crippen LogP contribution is -2.47. The van der Waals surface area contributed by atoms with E-state index in [4.69, 9.17) is 9.47 Å². The minimum absolute atomic E-state index is 0.0272. The van der Waals surface area contributed by atoms with E-state index in [2.05, 4.69) is 21.2 Å². The van der Waals surface area contributed by atoms with Crippen LogP contribution in [0.15, 0.2) is 22.7 Å². The normalized spacial score (nSPS) is 18.5. The van der Waals surface area contributed by atoms with Crippen molar-refractivity contribution in [1.29, 1.82) is 0 Å². The van der Waals surface area contributed by atoms with Crippen molar-refractivity contribution >= 4 is 27.8 Å². The van der Waals surface area contributed by atoms with Crippen LogP contribution >= 0.6 is 15.9 Å². The van der Waals surface area contributed by atoms with Crippen LogP contribution in [-0.2, 0) is 15.9 Å². The third kappa shape index (κ3) is 4.32. The second-order valence-electron chi connectivity index (χ2n) is 6.65. The Morgan fingerprint density at radius 1 is 1.43 bits per heavy atom. The first-order valence-corrected chi connectivity index (χ1v) is 8.32. The van der Waals surface area contributed by atoms with E-state index in [0.29, 0.717) is 12.0 Å². The van der Waals surface area contributed by atoms with Crippen molar-refractivity contribution in [3.63, 3.8) is 0 Å². The summed E-state index contributed by atoms with van der Waals surface area (Å²) in [7, 11) is 1.55. The lowest BCUT2D eigenvalue weighted by atomic mass is 9.96. The van der Waals surface area contributed by atoms with Crippen LogP contribution in [-0.4, -0.2) is 37.2 Å². The predicted molar refractivity (Wildman–Crippen MR) is 90.7 cm³/mol. The molecular weight excluding hydrogens is 362 g/mol. The third-order valence-electron chi connectivity index (χ3n) is 3.68. The molecule has 126 valence electrons. The number of benzene rings is 1. The van der Waals surface area contributed by atoms with E-state index in [-0.39, 0.29) is 18.3 Å². The maximum atomic E-state index is 12.7. The van der Waals surface area contributed by atoms with Gasteiger partial charge in [-0.2, -0.15) is 0 Å². The summed E-state index contributed by atoms with van der Waals surface area (Å²) in [5.41, 5.74) is 1.10. The van der Waals surface area contributed by atoms with Gasteiger partial charge in [-0.05, 0) is 38.8 Å². The molecule has 0 spiro atoms. The van der Waals surface area contributed by atoms with Gasteiger partial charge in [-0.1, -0.05) is 28.1 Å². The Hall–Kier alpha value is -1.40. The zero-order valence-electron chi connectivity index (χ0n) is 13.8. The molecule has 1 N–H and O–H groups in total. The topological polar surface area (TPSA) is 64.6 Å². The van der Waals surface area contributed by atoms with E-state index >= 15 is 0 Å². The predicted octanol–water partition coefficient (Wildman–Crippen LogP) is 3.34. The monoisotopic (exact) mass is 383 g/mol. The molecule has 1 aliphatic carbocycles. The summed E-state index contributed by atoms with van der Waals surface area (Å²) in [6.07, 6.45) is 0.0294. The highest BCUT2D eigenvalue weighted by molar-refractivity contribution is 9.10. The Balaban J connectivity index is 2.15. The van der Waals surface area contributed by atoms with Crippen LogP contribution in [0.5, 0.6) is 0 Å². The van der Waals surface area contributed by atoms with E-state index in [1.54, 1.807) is 27.9 Å². The zero-order valence-corrected chi connectivity index (χ0v) is 15.4. The van der Waals surface area contributed by atoms with Crippen molar-refractivity contribution in [3.8, 4) is 0 Å². The highest BCUT2D eigenvalue weighted by atomic mass is 79.9. The lowest BCUT2D eigenvalue weighted by molar-refractivity contribution is 0.0432. The average molecular weight is 384 g/mol. The zero-order chi connectivity index (χ0) is 17.2. The smallest absolute Gasteiger partial charge is 0.407 e. The molecule has 2 atom stereocenters. The maximum absolute atomic E-state index is 12.7. The van der Waals surface area contributed by atoms with E-state index < -0.39 is 17.7 Å². The molecule has 0 saturated carbocycles. The molecule has 1 aliphatic rings. The van der Waals surface area contributed by atoms with Crippen LogP contribution in [0.2, 0.25) is 0 Å².